The molecule has 1 heterocycles. The topological polar surface area (TPSA) is 42.2 Å². The molecule has 0 atom stereocenters. The lowest BCUT2D eigenvalue weighted by Gasteiger charge is -2.20. The van der Waals surface area contributed by atoms with E-state index in [1.807, 2.05) is 24.3 Å². The summed E-state index contributed by atoms with van der Waals surface area (Å²) in [6, 6.07) is 8.32. The van der Waals surface area contributed by atoms with Crippen LogP contribution in [-0.4, -0.2) is 12.0 Å². The first-order valence-electron chi connectivity index (χ1n) is 5.55. The van der Waals surface area contributed by atoms with Crippen molar-refractivity contribution in [1.29, 1.82) is 0 Å². The van der Waals surface area contributed by atoms with E-state index in [1.165, 1.54) is 0 Å². The molecular formula is C13H12BrF2N3. The normalized spacial score (nSPS) is 10.5. The fourth-order valence-corrected chi connectivity index (χ4v) is 2.11. The number of nitrogen functional groups attached to an aromatic ring is 1. The van der Waals surface area contributed by atoms with E-state index in [2.05, 4.69) is 20.9 Å². The van der Waals surface area contributed by atoms with Crippen molar-refractivity contribution in [3.63, 3.8) is 0 Å². The molecule has 0 aliphatic carbocycles. The molecule has 0 bridgehead atoms. The predicted molar refractivity (Wildman–Crippen MR) is 74.8 cm³/mol. The summed E-state index contributed by atoms with van der Waals surface area (Å²) in [7, 11) is 1.67. The molecule has 0 amide bonds. The molecule has 1 aromatic heterocycles. The number of hydrogen-bond donors (Lipinski definition) is 1. The van der Waals surface area contributed by atoms with Crippen LogP contribution in [0, 0.1) is 11.6 Å². The zero-order chi connectivity index (χ0) is 14.0. The van der Waals surface area contributed by atoms with E-state index in [1.54, 1.807) is 11.9 Å². The Bertz CT molecular complexity index is 604. The third-order valence-electron chi connectivity index (χ3n) is 2.67. The van der Waals surface area contributed by atoms with Crippen LogP contribution < -0.4 is 10.6 Å². The number of hydrogen-bond acceptors (Lipinski definition) is 3. The molecule has 0 aliphatic heterocycles. The highest BCUT2D eigenvalue weighted by molar-refractivity contribution is 9.10. The average Bonchev–Trinajstić information content (AvgIpc) is 2.36. The monoisotopic (exact) mass is 327 g/mol. The number of anilines is 2. The lowest BCUT2D eigenvalue weighted by molar-refractivity contribution is 0.574. The van der Waals surface area contributed by atoms with E-state index in [4.69, 9.17) is 5.73 Å². The van der Waals surface area contributed by atoms with Crippen molar-refractivity contribution in [3.05, 3.63) is 52.0 Å². The Kier molecular flexibility index (Phi) is 3.99. The summed E-state index contributed by atoms with van der Waals surface area (Å²) in [6.45, 7) is 0.427. The van der Waals surface area contributed by atoms with Gasteiger partial charge in [0.2, 0.25) is 0 Å². The van der Waals surface area contributed by atoms with Gasteiger partial charge in [-0.3, -0.25) is 0 Å². The number of benzene rings is 1. The van der Waals surface area contributed by atoms with Crippen LogP contribution in [0.1, 0.15) is 5.56 Å². The second kappa shape index (κ2) is 5.52. The lowest BCUT2D eigenvalue weighted by atomic mass is 10.2. The summed E-state index contributed by atoms with van der Waals surface area (Å²) >= 11 is 3.42. The number of aromatic nitrogens is 1. The Hall–Kier alpha value is -1.69. The van der Waals surface area contributed by atoms with E-state index < -0.39 is 11.6 Å². The van der Waals surface area contributed by atoms with Crippen LogP contribution in [0.15, 0.2) is 34.8 Å². The van der Waals surface area contributed by atoms with Gasteiger partial charge >= 0.3 is 0 Å². The van der Waals surface area contributed by atoms with Crippen molar-refractivity contribution in [3.8, 4) is 0 Å². The molecule has 1 aromatic carbocycles. The van der Waals surface area contributed by atoms with Crippen LogP contribution in [0.5, 0.6) is 0 Å². The molecule has 0 spiro atoms. The van der Waals surface area contributed by atoms with Gasteiger partial charge in [-0.15, -0.1) is 0 Å². The fourth-order valence-electron chi connectivity index (χ4n) is 1.70. The van der Waals surface area contributed by atoms with Gasteiger partial charge in [-0.2, -0.15) is 0 Å². The SMILES string of the molecule is CN(Cc1ccccc1Br)c1nc(N)c(F)cc1F. The summed E-state index contributed by atoms with van der Waals surface area (Å²) in [4.78, 5) is 5.31. The summed E-state index contributed by atoms with van der Waals surface area (Å²) in [5.41, 5.74) is 6.33. The van der Waals surface area contributed by atoms with Crippen LogP contribution in [0.25, 0.3) is 0 Å². The second-order valence-corrected chi connectivity index (χ2v) is 4.96. The van der Waals surface area contributed by atoms with Crippen molar-refractivity contribution in [2.75, 3.05) is 17.7 Å². The van der Waals surface area contributed by atoms with E-state index in [-0.39, 0.29) is 11.6 Å². The van der Waals surface area contributed by atoms with Gasteiger partial charge in [-0.25, -0.2) is 13.8 Å². The smallest absolute Gasteiger partial charge is 0.168 e. The maximum absolute atomic E-state index is 13.7. The first kappa shape index (κ1) is 13.7. The lowest BCUT2D eigenvalue weighted by Crippen LogP contribution is -2.20. The average molecular weight is 328 g/mol. The molecule has 100 valence electrons. The number of rotatable bonds is 3. The van der Waals surface area contributed by atoms with Gasteiger partial charge in [-0.05, 0) is 11.6 Å². The third kappa shape index (κ3) is 3.01. The quantitative estimate of drug-likeness (QED) is 0.940. The molecular weight excluding hydrogens is 316 g/mol. The molecule has 0 fully saturated rings. The third-order valence-corrected chi connectivity index (χ3v) is 3.44. The number of halogens is 3. The van der Waals surface area contributed by atoms with Crippen molar-refractivity contribution >= 4 is 27.6 Å². The minimum Gasteiger partial charge on any atom is -0.381 e. The fraction of sp³-hybridized carbons (Fsp3) is 0.154. The highest BCUT2D eigenvalue weighted by Gasteiger charge is 2.14. The van der Waals surface area contributed by atoms with Crippen LogP contribution in [-0.2, 0) is 6.54 Å². The first-order valence-corrected chi connectivity index (χ1v) is 6.34. The Morgan fingerprint density at radius 1 is 1.26 bits per heavy atom. The second-order valence-electron chi connectivity index (χ2n) is 4.11. The molecule has 0 radical (unpaired) electrons. The highest BCUT2D eigenvalue weighted by atomic mass is 79.9. The highest BCUT2D eigenvalue weighted by Crippen LogP contribution is 2.23. The van der Waals surface area contributed by atoms with Crippen molar-refractivity contribution in [2.24, 2.45) is 0 Å². The first-order chi connectivity index (χ1) is 8.99. The van der Waals surface area contributed by atoms with Gasteiger partial charge in [0.05, 0.1) is 0 Å². The molecule has 2 rings (SSSR count). The Morgan fingerprint density at radius 2 is 1.95 bits per heavy atom. The van der Waals surface area contributed by atoms with Gasteiger partial charge < -0.3 is 10.6 Å². The minimum atomic E-state index is -0.851. The standard InChI is InChI=1S/C13H12BrF2N3/c1-19(7-8-4-2-3-5-9(8)14)13-11(16)6-10(15)12(17)18-13/h2-6H,7H2,1H3,(H2,17,18). The molecule has 2 N–H and O–H groups in total. The van der Waals surface area contributed by atoms with E-state index in [9.17, 15) is 8.78 Å². The van der Waals surface area contributed by atoms with Crippen LogP contribution in [0.3, 0.4) is 0 Å². The molecule has 6 heteroatoms. The largest absolute Gasteiger partial charge is 0.381 e. The number of nitrogens with zero attached hydrogens (tertiary/aromatic N) is 2. The van der Waals surface area contributed by atoms with Crippen molar-refractivity contribution in [2.45, 2.75) is 6.54 Å². The summed E-state index contributed by atoms with van der Waals surface area (Å²) in [5, 5.41) is 0. The van der Waals surface area contributed by atoms with E-state index in [0.717, 1.165) is 16.1 Å². The summed E-state index contributed by atoms with van der Waals surface area (Å²) in [6.07, 6.45) is 0. The van der Waals surface area contributed by atoms with Gasteiger partial charge in [0, 0.05) is 24.1 Å². The Morgan fingerprint density at radius 3 is 2.63 bits per heavy atom. The van der Waals surface area contributed by atoms with Crippen molar-refractivity contribution < 1.29 is 8.78 Å². The van der Waals surface area contributed by atoms with Crippen LogP contribution in [0.4, 0.5) is 20.4 Å². The zero-order valence-corrected chi connectivity index (χ0v) is 11.8. The minimum absolute atomic E-state index is 0.0228. The van der Waals surface area contributed by atoms with Gasteiger partial charge in [0.15, 0.2) is 23.3 Å². The van der Waals surface area contributed by atoms with Crippen molar-refractivity contribution in [1.82, 2.24) is 4.98 Å². The molecule has 0 saturated carbocycles. The van der Waals surface area contributed by atoms with Gasteiger partial charge in [0.1, 0.15) is 0 Å². The molecule has 0 saturated heterocycles. The van der Waals surface area contributed by atoms with E-state index in [0.29, 0.717) is 6.54 Å². The Balaban J connectivity index is 2.28. The maximum atomic E-state index is 13.7. The van der Waals surface area contributed by atoms with Crippen LogP contribution >= 0.6 is 15.9 Å². The zero-order valence-electron chi connectivity index (χ0n) is 10.2. The molecule has 3 nitrogen and oxygen atoms in total. The number of pyridine rings is 1. The number of nitrogens with two attached hydrogens (primary N) is 1. The molecule has 19 heavy (non-hydrogen) atoms. The maximum Gasteiger partial charge on any atom is 0.168 e. The summed E-state index contributed by atoms with van der Waals surface area (Å²) < 4.78 is 27.6. The van der Waals surface area contributed by atoms with Gasteiger partial charge in [-0.1, -0.05) is 34.1 Å². The van der Waals surface area contributed by atoms with Gasteiger partial charge in [0.25, 0.3) is 0 Å². The molecule has 0 unspecified atom stereocenters. The van der Waals surface area contributed by atoms with E-state index >= 15 is 0 Å². The predicted octanol–water partition coefficient (Wildman–Crippen LogP) is 3.34. The van der Waals surface area contributed by atoms with Crippen LogP contribution in [0.2, 0.25) is 0 Å². The summed E-state index contributed by atoms with van der Waals surface area (Å²) in [5.74, 6) is -1.87. The Labute approximate surface area is 118 Å². The molecule has 2 aromatic rings. The molecule has 0 aliphatic rings.